The van der Waals surface area contributed by atoms with Crippen molar-refractivity contribution >= 4 is 0 Å². The molecule has 0 amide bonds. The molecule has 0 aliphatic rings. The lowest BCUT2D eigenvalue weighted by molar-refractivity contribution is 0.971. The van der Waals surface area contributed by atoms with Crippen molar-refractivity contribution in [3.63, 3.8) is 0 Å². The van der Waals surface area contributed by atoms with E-state index in [1.165, 1.54) is 50.2 Å². The molecule has 1 aromatic heterocycles. The average Bonchev–Trinajstić information content (AvgIpc) is 3.38. The van der Waals surface area contributed by atoms with E-state index in [4.69, 9.17) is 4.98 Å². The van der Waals surface area contributed by atoms with E-state index in [0.717, 1.165) is 18.7 Å². The van der Waals surface area contributed by atoms with E-state index in [-0.39, 0.29) is 0 Å². The molecule has 0 radical (unpaired) electrons. The van der Waals surface area contributed by atoms with Gasteiger partial charge in [-0.25, -0.2) is 4.98 Å². The minimum absolute atomic E-state index is 0.938. The van der Waals surface area contributed by atoms with Crippen LogP contribution in [0.3, 0.4) is 0 Å². The van der Waals surface area contributed by atoms with Crippen molar-refractivity contribution < 1.29 is 0 Å². The summed E-state index contributed by atoms with van der Waals surface area (Å²) in [6.45, 7) is 6.68. The molecule has 0 fully saturated rings. The highest BCUT2D eigenvalue weighted by Gasteiger charge is 2.22. The lowest BCUT2D eigenvalue weighted by atomic mass is 9.86. The van der Waals surface area contributed by atoms with Crippen LogP contribution in [0.1, 0.15) is 30.5 Å². The lowest BCUT2D eigenvalue weighted by Crippen LogP contribution is -2.09. The summed E-state index contributed by atoms with van der Waals surface area (Å²) in [6, 6.07) is 32.5. The molecule has 0 saturated heterocycles. The van der Waals surface area contributed by atoms with Crippen LogP contribution in [0.2, 0.25) is 0 Å². The Labute approximate surface area is 202 Å². The number of aromatic nitrogens is 2. The number of rotatable bonds is 6. The van der Waals surface area contributed by atoms with Crippen molar-refractivity contribution in [1.29, 1.82) is 0 Å². The molecule has 0 unspecified atom stereocenters. The molecule has 2 heteroatoms. The third kappa shape index (κ3) is 3.86. The topological polar surface area (TPSA) is 17.8 Å². The first-order chi connectivity index (χ1) is 16.7. The van der Waals surface area contributed by atoms with E-state index < -0.39 is 0 Å². The molecule has 5 rings (SSSR count). The fourth-order valence-corrected chi connectivity index (χ4v) is 5.02. The number of aryl methyl sites for hydroxylation is 1. The van der Waals surface area contributed by atoms with Crippen molar-refractivity contribution in [2.75, 3.05) is 0 Å². The molecule has 1 heterocycles. The van der Waals surface area contributed by atoms with E-state index >= 15 is 0 Å². The highest BCUT2D eigenvalue weighted by molar-refractivity contribution is 5.84. The van der Waals surface area contributed by atoms with Gasteiger partial charge in [0.25, 0.3) is 0 Å². The molecule has 5 aromatic rings. The SMILES string of the molecule is CCc1c(-c2ccccc2)cc(-c2ccccc2)c(CC)c1-n1ccnc1-c1ccccc1C. The first-order valence-corrected chi connectivity index (χ1v) is 12.1. The van der Waals surface area contributed by atoms with Crippen LogP contribution in [0.5, 0.6) is 0 Å². The quantitative estimate of drug-likeness (QED) is 0.258. The van der Waals surface area contributed by atoms with Crippen LogP contribution in [0.15, 0.2) is 103 Å². The summed E-state index contributed by atoms with van der Waals surface area (Å²) < 4.78 is 2.32. The number of imidazole rings is 1. The molecule has 2 nitrogen and oxygen atoms in total. The second-order valence-electron chi connectivity index (χ2n) is 8.65. The third-order valence-corrected chi connectivity index (χ3v) is 6.65. The summed E-state index contributed by atoms with van der Waals surface area (Å²) in [5, 5.41) is 0. The Morgan fingerprint density at radius 1 is 0.647 bits per heavy atom. The summed E-state index contributed by atoms with van der Waals surface area (Å²) in [6.07, 6.45) is 5.93. The van der Waals surface area contributed by atoms with E-state index in [2.05, 4.69) is 123 Å². The van der Waals surface area contributed by atoms with Gasteiger partial charge in [0.1, 0.15) is 5.82 Å². The van der Waals surface area contributed by atoms with Gasteiger partial charge in [-0.15, -0.1) is 0 Å². The third-order valence-electron chi connectivity index (χ3n) is 6.65. The van der Waals surface area contributed by atoms with E-state index in [1.807, 2.05) is 6.20 Å². The fraction of sp³-hybridized carbons (Fsp3) is 0.156. The molecule has 0 aliphatic carbocycles. The van der Waals surface area contributed by atoms with Gasteiger partial charge in [-0.05, 0) is 64.8 Å². The number of nitrogens with zero attached hydrogens (tertiary/aromatic N) is 2. The summed E-state index contributed by atoms with van der Waals surface area (Å²) >= 11 is 0. The Balaban J connectivity index is 1.88. The van der Waals surface area contributed by atoms with Gasteiger partial charge in [0.2, 0.25) is 0 Å². The number of hydrogen-bond donors (Lipinski definition) is 0. The highest BCUT2D eigenvalue weighted by Crippen LogP contribution is 2.40. The second kappa shape index (κ2) is 9.52. The number of hydrogen-bond acceptors (Lipinski definition) is 1. The fourth-order valence-electron chi connectivity index (χ4n) is 5.02. The van der Waals surface area contributed by atoms with Gasteiger partial charge in [0.05, 0.1) is 5.69 Å². The predicted octanol–water partition coefficient (Wildman–Crippen LogP) is 8.31. The Morgan fingerprint density at radius 2 is 1.18 bits per heavy atom. The molecule has 0 atom stereocenters. The molecule has 0 N–H and O–H groups in total. The first kappa shape index (κ1) is 21.9. The van der Waals surface area contributed by atoms with Crippen molar-refractivity contribution in [2.24, 2.45) is 0 Å². The van der Waals surface area contributed by atoms with Gasteiger partial charge >= 0.3 is 0 Å². The van der Waals surface area contributed by atoms with Gasteiger partial charge in [0.15, 0.2) is 0 Å². The highest BCUT2D eigenvalue weighted by atomic mass is 15.1. The summed E-state index contributed by atoms with van der Waals surface area (Å²) in [5.74, 6) is 0.992. The Morgan fingerprint density at radius 3 is 1.71 bits per heavy atom. The molecule has 4 aromatic carbocycles. The summed E-state index contributed by atoms with van der Waals surface area (Å²) in [5.41, 5.74) is 11.5. The van der Waals surface area contributed by atoms with Crippen molar-refractivity contribution in [2.45, 2.75) is 33.6 Å². The van der Waals surface area contributed by atoms with Crippen LogP contribution in [0.25, 0.3) is 39.3 Å². The average molecular weight is 443 g/mol. The predicted molar refractivity (Wildman–Crippen MR) is 143 cm³/mol. The Kier molecular flexibility index (Phi) is 6.14. The maximum atomic E-state index is 4.84. The monoisotopic (exact) mass is 442 g/mol. The maximum Gasteiger partial charge on any atom is 0.144 e. The zero-order valence-electron chi connectivity index (χ0n) is 20.1. The van der Waals surface area contributed by atoms with E-state index in [9.17, 15) is 0 Å². The van der Waals surface area contributed by atoms with Gasteiger partial charge in [0, 0.05) is 18.0 Å². The molecular weight excluding hydrogens is 412 g/mol. The van der Waals surface area contributed by atoms with Gasteiger partial charge in [-0.3, -0.25) is 4.57 Å². The maximum absolute atomic E-state index is 4.84. The van der Waals surface area contributed by atoms with Crippen molar-refractivity contribution in [1.82, 2.24) is 9.55 Å². The van der Waals surface area contributed by atoms with E-state index in [1.54, 1.807) is 0 Å². The second-order valence-corrected chi connectivity index (χ2v) is 8.65. The minimum atomic E-state index is 0.938. The molecule has 168 valence electrons. The molecule has 0 aliphatic heterocycles. The molecule has 0 spiro atoms. The van der Waals surface area contributed by atoms with Crippen LogP contribution in [0, 0.1) is 6.92 Å². The lowest BCUT2D eigenvalue weighted by Gasteiger charge is -2.24. The summed E-state index contributed by atoms with van der Waals surface area (Å²) in [4.78, 5) is 4.84. The van der Waals surface area contributed by atoms with Crippen LogP contribution in [0.4, 0.5) is 0 Å². The Hall–Kier alpha value is -3.91. The standard InChI is InChI=1S/C32H30N2/c1-4-26-29(24-15-8-6-9-16-24)22-30(25-17-10-7-11-18-25)27(5-2)31(26)34-21-20-33-32(34)28-19-13-12-14-23(28)3/h6-22H,4-5H2,1-3H3. The molecule has 0 saturated carbocycles. The molecule has 0 bridgehead atoms. The van der Waals surface area contributed by atoms with Crippen LogP contribution in [-0.2, 0) is 12.8 Å². The largest absolute Gasteiger partial charge is 0.299 e. The first-order valence-electron chi connectivity index (χ1n) is 12.1. The Bertz CT molecular complexity index is 1350. The van der Waals surface area contributed by atoms with Crippen LogP contribution in [-0.4, -0.2) is 9.55 Å². The van der Waals surface area contributed by atoms with Gasteiger partial charge < -0.3 is 0 Å². The zero-order chi connectivity index (χ0) is 23.5. The normalized spacial score (nSPS) is 11.0. The summed E-state index contributed by atoms with van der Waals surface area (Å²) in [7, 11) is 0. The van der Waals surface area contributed by atoms with E-state index in [0.29, 0.717) is 0 Å². The zero-order valence-corrected chi connectivity index (χ0v) is 20.1. The number of benzene rings is 4. The molecular formula is C32H30N2. The van der Waals surface area contributed by atoms with Crippen LogP contribution < -0.4 is 0 Å². The van der Waals surface area contributed by atoms with Crippen molar-refractivity contribution in [3.05, 3.63) is 120 Å². The smallest absolute Gasteiger partial charge is 0.144 e. The molecule has 34 heavy (non-hydrogen) atoms. The van der Waals surface area contributed by atoms with Crippen molar-refractivity contribution in [3.8, 4) is 39.3 Å². The van der Waals surface area contributed by atoms with Gasteiger partial charge in [-0.1, -0.05) is 98.8 Å². The van der Waals surface area contributed by atoms with Crippen LogP contribution >= 0.6 is 0 Å². The van der Waals surface area contributed by atoms with Gasteiger partial charge in [-0.2, -0.15) is 0 Å². The minimum Gasteiger partial charge on any atom is -0.299 e.